The molecule has 12 heavy (non-hydrogen) atoms. The number of nitrogens with zero attached hydrogens (tertiary/aromatic N) is 1. The van der Waals surface area contributed by atoms with Crippen molar-refractivity contribution in [3.63, 3.8) is 0 Å². The molecule has 0 radical (unpaired) electrons. The van der Waals surface area contributed by atoms with Gasteiger partial charge in [0.25, 0.3) is 0 Å². The normalized spacial score (nSPS) is 11.8. The van der Waals surface area contributed by atoms with Crippen LogP contribution in [0, 0.1) is 9.39 Å². The molecular weight excluding hydrogens is 295 g/mol. The maximum absolute atomic E-state index is 13.0. The minimum absolute atomic E-state index is 0.127. The van der Waals surface area contributed by atoms with Crippen LogP contribution in [0.4, 0.5) is 4.39 Å². The van der Waals surface area contributed by atoms with Crippen molar-refractivity contribution in [1.82, 2.24) is 0 Å². The standard InChI is InChI=1S/C7H4ClFINO/c8-7(11-12)6-4(9)2-1-3-5(6)10/h1-3,12H/b11-7-. The summed E-state index contributed by atoms with van der Waals surface area (Å²) < 4.78 is 13.6. The van der Waals surface area contributed by atoms with Crippen molar-refractivity contribution in [2.75, 3.05) is 0 Å². The molecule has 0 heterocycles. The van der Waals surface area contributed by atoms with E-state index in [1.54, 1.807) is 12.1 Å². The molecule has 0 saturated carbocycles. The molecule has 1 aromatic carbocycles. The molecule has 1 aromatic rings. The van der Waals surface area contributed by atoms with Crippen LogP contribution in [0.3, 0.4) is 0 Å². The molecule has 0 aliphatic heterocycles. The molecule has 0 unspecified atom stereocenters. The van der Waals surface area contributed by atoms with Crippen LogP contribution in [0.5, 0.6) is 0 Å². The Morgan fingerprint density at radius 2 is 2.25 bits per heavy atom. The first-order valence-electron chi connectivity index (χ1n) is 2.98. The van der Waals surface area contributed by atoms with Gasteiger partial charge in [-0.05, 0) is 34.7 Å². The summed E-state index contributed by atoms with van der Waals surface area (Å²) in [6.45, 7) is 0. The lowest BCUT2D eigenvalue weighted by molar-refractivity contribution is 0.320. The minimum atomic E-state index is -0.496. The summed E-state index contributed by atoms with van der Waals surface area (Å²) in [5, 5.41) is 10.8. The van der Waals surface area contributed by atoms with E-state index in [0.29, 0.717) is 3.57 Å². The lowest BCUT2D eigenvalue weighted by Crippen LogP contribution is -1.99. The molecule has 5 heteroatoms. The second-order valence-corrected chi connectivity index (χ2v) is 3.51. The molecule has 2 nitrogen and oxygen atoms in total. The average molecular weight is 299 g/mol. The van der Waals surface area contributed by atoms with Crippen molar-refractivity contribution in [1.29, 1.82) is 0 Å². The molecule has 0 atom stereocenters. The van der Waals surface area contributed by atoms with Gasteiger partial charge in [-0.1, -0.05) is 22.8 Å². The summed E-state index contributed by atoms with van der Waals surface area (Å²) in [5.74, 6) is -0.496. The van der Waals surface area contributed by atoms with Crippen molar-refractivity contribution in [3.8, 4) is 0 Å². The number of hydrogen-bond acceptors (Lipinski definition) is 2. The topological polar surface area (TPSA) is 32.6 Å². The van der Waals surface area contributed by atoms with Crippen LogP contribution >= 0.6 is 34.2 Å². The molecule has 64 valence electrons. The third-order valence-electron chi connectivity index (χ3n) is 1.26. The average Bonchev–Trinajstić information content (AvgIpc) is 2.03. The van der Waals surface area contributed by atoms with Gasteiger partial charge in [-0.2, -0.15) is 0 Å². The first-order chi connectivity index (χ1) is 5.66. The fourth-order valence-electron chi connectivity index (χ4n) is 0.745. The van der Waals surface area contributed by atoms with E-state index in [-0.39, 0.29) is 10.7 Å². The van der Waals surface area contributed by atoms with Gasteiger partial charge in [-0.25, -0.2) is 4.39 Å². The number of halogens is 3. The molecule has 0 aliphatic carbocycles. The zero-order valence-corrected chi connectivity index (χ0v) is 8.67. The highest BCUT2D eigenvalue weighted by molar-refractivity contribution is 14.1. The zero-order valence-electron chi connectivity index (χ0n) is 5.76. The summed E-state index contributed by atoms with van der Waals surface area (Å²) in [6.07, 6.45) is 0. The fourth-order valence-corrected chi connectivity index (χ4v) is 1.82. The Morgan fingerprint density at radius 1 is 1.58 bits per heavy atom. The van der Waals surface area contributed by atoms with E-state index in [9.17, 15) is 4.39 Å². The van der Waals surface area contributed by atoms with Gasteiger partial charge >= 0.3 is 0 Å². The first-order valence-corrected chi connectivity index (χ1v) is 4.44. The number of oxime groups is 1. The Bertz CT molecular complexity index is 309. The molecule has 0 amide bonds. The van der Waals surface area contributed by atoms with Gasteiger partial charge in [0.15, 0.2) is 5.17 Å². The number of benzene rings is 1. The summed E-state index contributed by atoms with van der Waals surface area (Å²) in [7, 11) is 0. The molecule has 1 N–H and O–H groups in total. The fraction of sp³-hybridized carbons (Fsp3) is 0. The second-order valence-electron chi connectivity index (χ2n) is 1.99. The van der Waals surface area contributed by atoms with E-state index in [1.165, 1.54) is 6.07 Å². The molecule has 0 saturated heterocycles. The monoisotopic (exact) mass is 299 g/mol. The Kier molecular flexibility index (Phi) is 3.28. The lowest BCUT2D eigenvalue weighted by atomic mass is 10.2. The molecular formula is C7H4ClFINO. The Balaban J connectivity index is 3.31. The maximum Gasteiger partial charge on any atom is 0.179 e. The van der Waals surface area contributed by atoms with Crippen molar-refractivity contribution in [2.45, 2.75) is 0 Å². The Hall–Kier alpha value is -0.360. The third-order valence-corrected chi connectivity index (χ3v) is 2.42. The van der Waals surface area contributed by atoms with Gasteiger partial charge in [0, 0.05) is 3.57 Å². The van der Waals surface area contributed by atoms with Crippen molar-refractivity contribution in [2.24, 2.45) is 5.16 Å². The molecule has 0 bridgehead atoms. The van der Waals surface area contributed by atoms with E-state index >= 15 is 0 Å². The van der Waals surface area contributed by atoms with Crippen LogP contribution in [0.25, 0.3) is 0 Å². The highest BCUT2D eigenvalue weighted by atomic mass is 127. The second kappa shape index (κ2) is 4.04. The van der Waals surface area contributed by atoms with E-state index in [1.807, 2.05) is 22.6 Å². The minimum Gasteiger partial charge on any atom is -0.410 e. The summed E-state index contributed by atoms with van der Waals surface area (Å²) in [6, 6.07) is 4.49. The van der Waals surface area contributed by atoms with E-state index < -0.39 is 5.82 Å². The van der Waals surface area contributed by atoms with Crippen molar-refractivity contribution < 1.29 is 9.60 Å². The summed E-state index contributed by atoms with van der Waals surface area (Å²) in [5.41, 5.74) is 0.127. The predicted octanol–water partition coefficient (Wildman–Crippen LogP) is 2.80. The van der Waals surface area contributed by atoms with Crippen LogP contribution in [0.1, 0.15) is 5.56 Å². The molecule has 1 rings (SSSR count). The number of rotatable bonds is 1. The van der Waals surface area contributed by atoms with Crippen LogP contribution in [-0.2, 0) is 0 Å². The van der Waals surface area contributed by atoms with Gasteiger partial charge in [-0.3, -0.25) is 0 Å². The molecule has 0 fully saturated rings. The van der Waals surface area contributed by atoms with Gasteiger partial charge in [-0.15, -0.1) is 0 Å². The zero-order chi connectivity index (χ0) is 9.14. The summed E-state index contributed by atoms with van der Waals surface area (Å²) >= 11 is 7.36. The third kappa shape index (κ3) is 1.87. The predicted molar refractivity (Wildman–Crippen MR) is 53.3 cm³/mol. The van der Waals surface area contributed by atoms with Crippen LogP contribution < -0.4 is 0 Å². The van der Waals surface area contributed by atoms with E-state index in [4.69, 9.17) is 16.8 Å². The largest absolute Gasteiger partial charge is 0.410 e. The highest BCUT2D eigenvalue weighted by Crippen LogP contribution is 2.18. The van der Waals surface area contributed by atoms with Crippen LogP contribution in [-0.4, -0.2) is 10.4 Å². The Labute approximate surface area is 87.2 Å². The Morgan fingerprint density at radius 3 is 2.75 bits per heavy atom. The van der Waals surface area contributed by atoms with Crippen LogP contribution in [0.2, 0.25) is 0 Å². The highest BCUT2D eigenvalue weighted by Gasteiger charge is 2.10. The first kappa shape index (κ1) is 9.73. The van der Waals surface area contributed by atoms with Crippen LogP contribution in [0.15, 0.2) is 23.4 Å². The van der Waals surface area contributed by atoms with Crippen molar-refractivity contribution in [3.05, 3.63) is 33.1 Å². The maximum atomic E-state index is 13.0. The van der Waals surface area contributed by atoms with E-state index in [0.717, 1.165) is 0 Å². The molecule has 0 aliphatic rings. The lowest BCUT2D eigenvalue weighted by Gasteiger charge is -2.00. The van der Waals surface area contributed by atoms with E-state index in [2.05, 4.69) is 5.16 Å². The van der Waals surface area contributed by atoms with Gasteiger partial charge in [0.2, 0.25) is 0 Å². The smallest absolute Gasteiger partial charge is 0.179 e. The quantitative estimate of drug-likeness (QED) is 0.368. The van der Waals surface area contributed by atoms with Gasteiger partial charge < -0.3 is 5.21 Å². The van der Waals surface area contributed by atoms with Gasteiger partial charge in [0.1, 0.15) is 5.82 Å². The summed E-state index contributed by atoms with van der Waals surface area (Å²) in [4.78, 5) is 0. The van der Waals surface area contributed by atoms with Gasteiger partial charge in [0.05, 0.1) is 5.56 Å². The molecule has 0 aromatic heterocycles. The number of hydrogen-bond donors (Lipinski definition) is 1. The SMILES string of the molecule is O/N=C(\Cl)c1c(F)cccc1I. The molecule has 0 spiro atoms. The van der Waals surface area contributed by atoms with Crippen molar-refractivity contribution >= 4 is 39.4 Å².